The van der Waals surface area contributed by atoms with Crippen LogP contribution in [0.15, 0.2) is 58.4 Å². The van der Waals surface area contributed by atoms with E-state index in [9.17, 15) is 24.3 Å². The number of carboxylic acids is 1. The first-order valence-corrected chi connectivity index (χ1v) is 11.3. The van der Waals surface area contributed by atoms with Crippen molar-refractivity contribution in [3.8, 4) is 0 Å². The SMILES string of the molecule is CN(C)c1ccc(/C=c2/c(C(=O)NCCO)c3c(n(C)c2=O)=NN(c2ccc(C(=O)O)cc2)C3=O)cc1. The Hall–Kier alpha value is -4.77. The van der Waals surface area contributed by atoms with E-state index in [1.807, 2.05) is 31.1 Å². The van der Waals surface area contributed by atoms with Crippen LogP contribution in [0, 0.1) is 0 Å². The number of aromatic nitrogens is 1. The van der Waals surface area contributed by atoms with Gasteiger partial charge in [-0.2, -0.15) is 5.01 Å². The molecule has 37 heavy (non-hydrogen) atoms. The molecule has 0 atom stereocenters. The Morgan fingerprint density at radius 1 is 1.05 bits per heavy atom. The second kappa shape index (κ2) is 10.1. The van der Waals surface area contributed by atoms with Gasteiger partial charge >= 0.3 is 5.97 Å². The molecular formula is C26H25N5O6. The van der Waals surface area contributed by atoms with Crippen LogP contribution in [-0.2, 0) is 7.05 Å². The Kier molecular flexibility index (Phi) is 6.89. The fraction of sp³-hybridized carbons (Fsp3) is 0.192. The first-order valence-electron chi connectivity index (χ1n) is 11.3. The van der Waals surface area contributed by atoms with Crippen LogP contribution < -0.4 is 31.5 Å². The topological polar surface area (TPSA) is 145 Å². The normalized spacial score (nSPS) is 12.8. The standard InChI is InChI=1S/C26H25N5O6/c1-29(2)17-8-4-15(5-9-17)14-19-20(23(33)27-12-13-32)21-22(30(3)24(19)34)28-31(25(21)35)18-10-6-16(7-11-18)26(36)37/h4-11,14,32H,12-13H2,1-3H3,(H,27,33)(H,36,37)/b19-14-. The lowest BCUT2D eigenvalue weighted by Gasteiger charge is -2.13. The third-order valence-corrected chi connectivity index (χ3v) is 5.90. The molecule has 3 aromatic rings. The molecular weight excluding hydrogens is 478 g/mol. The number of aromatic carboxylic acids is 1. The number of carboxylic acid groups (broad SMARTS) is 1. The summed E-state index contributed by atoms with van der Waals surface area (Å²) < 4.78 is 1.20. The molecule has 4 rings (SSSR count). The van der Waals surface area contributed by atoms with Crippen molar-refractivity contribution in [1.82, 2.24) is 9.88 Å². The number of fused-ring (bicyclic) bond motifs is 1. The Bertz CT molecular complexity index is 1570. The van der Waals surface area contributed by atoms with Gasteiger partial charge < -0.3 is 20.4 Å². The summed E-state index contributed by atoms with van der Waals surface area (Å²) in [6.45, 7) is -0.407. The van der Waals surface area contributed by atoms with Crippen LogP contribution in [0.5, 0.6) is 0 Å². The van der Waals surface area contributed by atoms with E-state index in [1.165, 1.54) is 42.0 Å². The number of carbonyl (C=O) groups excluding carboxylic acids is 2. The molecule has 0 saturated carbocycles. The van der Waals surface area contributed by atoms with Crippen LogP contribution >= 0.6 is 0 Å². The molecule has 0 radical (unpaired) electrons. The zero-order chi connectivity index (χ0) is 26.9. The molecule has 0 aliphatic carbocycles. The number of benzene rings is 2. The molecule has 0 unspecified atom stereocenters. The minimum Gasteiger partial charge on any atom is -0.478 e. The third-order valence-electron chi connectivity index (χ3n) is 5.90. The Balaban J connectivity index is 1.92. The summed E-state index contributed by atoms with van der Waals surface area (Å²) in [6.07, 6.45) is 1.54. The van der Waals surface area contributed by atoms with Gasteiger partial charge in [-0.25, -0.2) is 4.79 Å². The summed E-state index contributed by atoms with van der Waals surface area (Å²) in [4.78, 5) is 53.3. The maximum atomic E-state index is 13.6. The molecule has 190 valence electrons. The number of nitrogens with one attached hydrogen (secondary N) is 1. The number of aliphatic hydroxyl groups is 1. The van der Waals surface area contributed by atoms with E-state index < -0.39 is 23.3 Å². The largest absolute Gasteiger partial charge is 0.478 e. The number of anilines is 2. The second-order valence-corrected chi connectivity index (χ2v) is 8.53. The summed E-state index contributed by atoms with van der Waals surface area (Å²) in [5.41, 5.74) is 1.11. The number of amides is 2. The van der Waals surface area contributed by atoms with E-state index in [0.29, 0.717) is 5.56 Å². The maximum absolute atomic E-state index is 13.6. The minimum atomic E-state index is -1.12. The van der Waals surface area contributed by atoms with E-state index in [-0.39, 0.29) is 46.2 Å². The van der Waals surface area contributed by atoms with Crippen molar-refractivity contribution < 1.29 is 24.6 Å². The molecule has 11 heteroatoms. The van der Waals surface area contributed by atoms with Gasteiger partial charge in [-0.05, 0) is 48.0 Å². The fourth-order valence-electron chi connectivity index (χ4n) is 3.95. The summed E-state index contributed by atoms with van der Waals surface area (Å²) in [5, 5.41) is 26.2. The molecule has 0 bridgehead atoms. The van der Waals surface area contributed by atoms with Gasteiger partial charge in [-0.1, -0.05) is 12.1 Å². The Morgan fingerprint density at radius 3 is 2.27 bits per heavy atom. The lowest BCUT2D eigenvalue weighted by atomic mass is 10.0. The molecule has 1 aliphatic heterocycles. The van der Waals surface area contributed by atoms with Crippen LogP contribution in [0.4, 0.5) is 11.4 Å². The van der Waals surface area contributed by atoms with E-state index in [1.54, 1.807) is 12.1 Å². The zero-order valence-corrected chi connectivity index (χ0v) is 20.4. The van der Waals surface area contributed by atoms with E-state index in [2.05, 4.69) is 10.4 Å². The number of rotatable bonds is 7. The first kappa shape index (κ1) is 25.3. The molecule has 1 aliphatic rings. The quantitative estimate of drug-likeness (QED) is 0.408. The predicted octanol–water partition coefficient (Wildman–Crippen LogP) is -0.105. The van der Waals surface area contributed by atoms with Gasteiger partial charge in [-0.3, -0.25) is 19.0 Å². The molecule has 11 nitrogen and oxygen atoms in total. The number of hydrogen-bond donors (Lipinski definition) is 3. The van der Waals surface area contributed by atoms with Crippen molar-refractivity contribution in [2.75, 3.05) is 37.2 Å². The molecule has 2 heterocycles. The highest BCUT2D eigenvalue weighted by Gasteiger charge is 2.33. The first-order chi connectivity index (χ1) is 17.6. The van der Waals surface area contributed by atoms with Crippen LogP contribution in [-0.4, -0.2) is 59.8 Å². The van der Waals surface area contributed by atoms with Gasteiger partial charge in [0.05, 0.1) is 28.6 Å². The summed E-state index contributed by atoms with van der Waals surface area (Å²) in [7, 11) is 5.25. The second-order valence-electron chi connectivity index (χ2n) is 8.53. The number of aliphatic hydroxyl groups excluding tert-OH is 1. The van der Waals surface area contributed by atoms with Gasteiger partial charge in [0.2, 0.25) is 0 Å². The average Bonchev–Trinajstić information content (AvgIpc) is 3.23. The van der Waals surface area contributed by atoms with Crippen molar-refractivity contribution in [1.29, 1.82) is 0 Å². The highest BCUT2D eigenvalue weighted by molar-refractivity contribution is 6.14. The summed E-state index contributed by atoms with van der Waals surface area (Å²) in [5.74, 6) is -2.48. The van der Waals surface area contributed by atoms with Gasteiger partial charge in [0.15, 0.2) is 5.49 Å². The molecule has 3 N–H and O–H groups in total. The minimum absolute atomic E-state index is 0.000850. The van der Waals surface area contributed by atoms with E-state index in [0.717, 1.165) is 10.7 Å². The van der Waals surface area contributed by atoms with Gasteiger partial charge in [-0.15, -0.1) is 5.10 Å². The smallest absolute Gasteiger partial charge is 0.335 e. The zero-order valence-electron chi connectivity index (χ0n) is 20.4. The van der Waals surface area contributed by atoms with Gasteiger partial charge in [0, 0.05) is 33.4 Å². The van der Waals surface area contributed by atoms with Crippen molar-refractivity contribution in [2.24, 2.45) is 12.1 Å². The number of nitrogens with zero attached hydrogens (tertiary/aromatic N) is 4. The van der Waals surface area contributed by atoms with Gasteiger partial charge in [0.25, 0.3) is 17.4 Å². The van der Waals surface area contributed by atoms with E-state index in [4.69, 9.17) is 5.11 Å². The third kappa shape index (κ3) is 4.71. The van der Waals surface area contributed by atoms with Crippen LogP contribution in [0.2, 0.25) is 0 Å². The van der Waals surface area contributed by atoms with E-state index >= 15 is 0 Å². The Labute approximate surface area is 211 Å². The average molecular weight is 504 g/mol. The van der Waals surface area contributed by atoms with Gasteiger partial charge in [0.1, 0.15) is 5.56 Å². The molecule has 0 fully saturated rings. The van der Waals surface area contributed by atoms with Crippen molar-refractivity contribution in [3.63, 3.8) is 0 Å². The lowest BCUT2D eigenvalue weighted by molar-refractivity contribution is 0.0696. The van der Waals surface area contributed by atoms with Crippen LogP contribution in [0.1, 0.15) is 36.6 Å². The molecule has 1 aromatic heterocycles. The highest BCUT2D eigenvalue weighted by Crippen LogP contribution is 2.21. The van der Waals surface area contributed by atoms with Crippen molar-refractivity contribution in [2.45, 2.75) is 0 Å². The highest BCUT2D eigenvalue weighted by atomic mass is 16.4. The monoisotopic (exact) mass is 503 g/mol. The molecule has 0 spiro atoms. The van der Waals surface area contributed by atoms with Crippen molar-refractivity contribution in [3.05, 3.63) is 91.8 Å². The van der Waals surface area contributed by atoms with Crippen LogP contribution in [0.25, 0.3) is 6.08 Å². The predicted molar refractivity (Wildman–Crippen MR) is 136 cm³/mol. The van der Waals surface area contributed by atoms with Crippen molar-refractivity contribution >= 4 is 35.2 Å². The summed E-state index contributed by atoms with van der Waals surface area (Å²) in [6, 6.07) is 12.8. The van der Waals surface area contributed by atoms with Crippen LogP contribution in [0.3, 0.4) is 0 Å². The Morgan fingerprint density at radius 2 is 1.70 bits per heavy atom. The maximum Gasteiger partial charge on any atom is 0.335 e. The molecule has 0 saturated heterocycles. The number of carbonyl (C=O) groups is 3. The molecule has 2 aromatic carbocycles. The lowest BCUT2D eigenvalue weighted by Crippen LogP contribution is -2.48. The molecule has 2 amide bonds. The fourth-order valence-corrected chi connectivity index (χ4v) is 3.95. The number of pyridine rings is 1. The summed E-state index contributed by atoms with van der Waals surface area (Å²) >= 11 is 0. The number of hydrogen-bond acceptors (Lipinski definition) is 7.